The molecule has 2 rings (SSSR count). The van der Waals surface area contributed by atoms with Gasteiger partial charge in [-0.15, -0.1) is 11.8 Å². The molecule has 31 heavy (non-hydrogen) atoms. The van der Waals surface area contributed by atoms with E-state index in [0.717, 1.165) is 11.3 Å². The first-order chi connectivity index (χ1) is 14.7. The maximum absolute atomic E-state index is 13.1. The summed E-state index contributed by atoms with van der Waals surface area (Å²) in [6.45, 7) is 8.68. The fourth-order valence-electron chi connectivity index (χ4n) is 3.01. The van der Waals surface area contributed by atoms with E-state index in [1.807, 2.05) is 32.9 Å². The predicted octanol–water partition coefficient (Wildman–Crippen LogP) is 5.72. The molecule has 2 aromatic carbocycles. The third-order valence-electron chi connectivity index (χ3n) is 4.78. The third-order valence-corrected chi connectivity index (χ3v) is 6.36. The maximum atomic E-state index is 13.1. The summed E-state index contributed by atoms with van der Waals surface area (Å²) in [5.41, 5.74) is 3.12. The van der Waals surface area contributed by atoms with E-state index in [9.17, 15) is 9.59 Å². The molecule has 0 heterocycles. The maximum Gasteiger partial charge on any atom is 0.242 e. The number of hydrogen-bond acceptors (Lipinski definition) is 3. The Morgan fingerprint density at radius 3 is 2.48 bits per heavy atom. The van der Waals surface area contributed by atoms with Crippen LogP contribution in [0.1, 0.15) is 37.5 Å². The molecule has 168 valence electrons. The van der Waals surface area contributed by atoms with Gasteiger partial charge in [0.1, 0.15) is 6.04 Å². The highest BCUT2D eigenvalue weighted by Gasteiger charge is 2.26. The third kappa shape index (κ3) is 8.40. The molecule has 7 heteroatoms. The standard InChI is InChI=1S/C24H30Cl2N2O2S/c1-16(2)12-27-24(30)18(4)28(13-20-8-9-21(25)11-22(20)26)23(29)15-31-14-19-7-5-6-17(3)10-19/h5-11,16,18H,12-15H2,1-4H3,(H,27,30). The van der Waals surface area contributed by atoms with Gasteiger partial charge in [0, 0.05) is 28.9 Å². The van der Waals surface area contributed by atoms with Crippen LogP contribution < -0.4 is 5.32 Å². The minimum atomic E-state index is -0.613. The molecule has 1 N–H and O–H groups in total. The molecule has 0 saturated heterocycles. The van der Waals surface area contributed by atoms with E-state index in [1.165, 1.54) is 22.9 Å². The van der Waals surface area contributed by atoms with Gasteiger partial charge in [0.15, 0.2) is 0 Å². The number of carbonyl (C=O) groups is 2. The molecular formula is C24H30Cl2N2O2S. The lowest BCUT2D eigenvalue weighted by atomic mass is 10.1. The van der Waals surface area contributed by atoms with Crippen LogP contribution in [0.25, 0.3) is 0 Å². The van der Waals surface area contributed by atoms with E-state index in [-0.39, 0.29) is 24.1 Å². The highest BCUT2D eigenvalue weighted by atomic mass is 35.5. The Hall–Kier alpha value is -1.69. The van der Waals surface area contributed by atoms with Crippen LogP contribution in [0.4, 0.5) is 0 Å². The van der Waals surface area contributed by atoms with Gasteiger partial charge >= 0.3 is 0 Å². The monoisotopic (exact) mass is 480 g/mol. The number of rotatable bonds is 10. The Kier molecular flexibility index (Phi) is 10.2. The molecule has 0 bridgehead atoms. The zero-order valence-corrected chi connectivity index (χ0v) is 20.8. The molecule has 0 aliphatic rings. The van der Waals surface area contributed by atoms with Crippen LogP contribution in [0.3, 0.4) is 0 Å². The summed E-state index contributed by atoms with van der Waals surface area (Å²) >= 11 is 13.9. The van der Waals surface area contributed by atoms with Gasteiger partial charge in [0.25, 0.3) is 0 Å². The van der Waals surface area contributed by atoms with Crippen LogP contribution in [0.5, 0.6) is 0 Å². The minimum absolute atomic E-state index is 0.101. The number of carbonyl (C=O) groups excluding carboxylic acids is 2. The molecule has 0 radical (unpaired) electrons. The van der Waals surface area contributed by atoms with Crippen LogP contribution in [-0.4, -0.2) is 35.1 Å². The first-order valence-electron chi connectivity index (χ1n) is 10.3. The van der Waals surface area contributed by atoms with Crippen molar-refractivity contribution in [2.24, 2.45) is 5.92 Å². The highest BCUT2D eigenvalue weighted by Crippen LogP contribution is 2.24. The molecule has 0 spiro atoms. The summed E-state index contributed by atoms with van der Waals surface area (Å²) in [5, 5.41) is 3.93. The van der Waals surface area contributed by atoms with Gasteiger partial charge in [-0.25, -0.2) is 0 Å². The van der Waals surface area contributed by atoms with E-state index in [4.69, 9.17) is 23.2 Å². The van der Waals surface area contributed by atoms with Crippen LogP contribution in [0.15, 0.2) is 42.5 Å². The number of nitrogens with one attached hydrogen (secondary N) is 1. The van der Waals surface area contributed by atoms with Crippen molar-refractivity contribution < 1.29 is 9.59 Å². The van der Waals surface area contributed by atoms with E-state index in [2.05, 4.69) is 17.4 Å². The summed E-state index contributed by atoms with van der Waals surface area (Å²) < 4.78 is 0. The van der Waals surface area contributed by atoms with Crippen molar-refractivity contribution in [1.29, 1.82) is 0 Å². The molecule has 4 nitrogen and oxygen atoms in total. The second kappa shape index (κ2) is 12.4. The molecule has 2 aromatic rings. The SMILES string of the molecule is Cc1cccc(CSCC(=O)N(Cc2ccc(Cl)cc2Cl)C(C)C(=O)NCC(C)C)c1. The number of halogens is 2. The molecule has 0 saturated carbocycles. The fourth-order valence-corrected chi connectivity index (χ4v) is 4.34. The van der Waals surface area contributed by atoms with Crippen molar-refractivity contribution in [3.8, 4) is 0 Å². The number of benzene rings is 2. The summed E-state index contributed by atoms with van der Waals surface area (Å²) in [5.74, 6) is 1.07. The van der Waals surface area contributed by atoms with E-state index >= 15 is 0 Å². The van der Waals surface area contributed by atoms with Crippen molar-refractivity contribution in [1.82, 2.24) is 10.2 Å². The van der Waals surface area contributed by atoms with E-state index in [1.54, 1.807) is 30.0 Å². The van der Waals surface area contributed by atoms with E-state index in [0.29, 0.717) is 22.5 Å². The number of thioether (sulfide) groups is 1. The Morgan fingerprint density at radius 1 is 1.10 bits per heavy atom. The lowest BCUT2D eigenvalue weighted by Crippen LogP contribution is -2.48. The lowest BCUT2D eigenvalue weighted by Gasteiger charge is -2.29. The zero-order chi connectivity index (χ0) is 23.0. The molecule has 0 aliphatic heterocycles. The zero-order valence-electron chi connectivity index (χ0n) is 18.5. The summed E-state index contributed by atoms with van der Waals surface area (Å²) in [6.07, 6.45) is 0. The average Bonchev–Trinajstić information content (AvgIpc) is 2.71. The molecule has 0 aliphatic carbocycles. The first kappa shape index (κ1) is 25.6. The van der Waals surface area contributed by atoms with Gasteiger partial charge in [-0.05, 0) is 43.0 Å². The normalized spacial score (nSPS) is 12.0. The number of aryl methyl sites for hydroxylation is 1. The number of amides is 2. The Morgan fingerprint density at radius 2 is 1.84 bits per heavy atom. The first-order valence-corrected chi connectivity index (χ1v) is 12.2. The van der Waals surface area contributed by atoms with Gasteiger partial charge in [-0.2, -0.15) is 0 Å². The number of hydrogen-bond donors (Lipinski definition) is 1. The van der Waals surface area contributed by atoms with Gasteiger partial charge < -0.3 is 10.2 Å². The molecule has 2 amide bonds. The van der Waals surface area contributed by atoms with Crippen molar-refractivity contribution in [3.05, 3.63) is 69.2 Å². The quantitative estimate of drug-likeness (QED) is 0.472. The Bertz CT molecular complexity index is 905. The highest BCUT2D eigenvalue weighted by molar-refractivity contribution is 7.99. The molecule has 1 atom stereocenters. The topological polar surface area (TPSA) is 49.4 Å². The van der Waals surface area contributed by atoms with Gasteiger partial charge in [-0.3, -0.25) is 9.59 Å². The van der Waals surface area contributed by atoms with Crippen molar-refractivity contribution in [2.75, 3.05) is 12.3 Å². The van der Waals surface area contributed by atoms with Crippen LogP contribution in [0, 0.1) is 12.8 Å². The Labute approximate surface area is 199 Å². The summed E-state index contributed by atoms with van der Waals surface area (Å²) in [7, 11) is 0. The minimum Gasteiger partial charge on any atom is -0.354 e. The predicted molar refractivity (Wildman–Crippen MR) is 132 cm³/mol. The van der Waals surface area contributed by atoms with Gasteiger partial charge in [-0.1, -0.05) is 72.9 Å². The molecule has 0 fully saturated rings. The van der Waals surface area contributed by atoms with E-state index < -0.39 is 6.04 Å². The van der Waals surface area contributed by atoms with Crippen LogP contribution in [-0.2, 0) is 21.9 Å². The number of nitrogens with zero attached hydrogens (tertiary/aromatic N) is 1. The lowest BCUT2D eigenvalue weighted by molar-refractivity contribution is -0.138. The second-order valence-corrected chi connectivity index (χ2v) is 9.88. The molecule has 1 unspecified atom stereocenters. The second-order valence-electron chi connectivity index (χ2n) is 8.05. The summed E-state index contributed by atoms with van der Waals surface area (Å²) in [4.78, 5) is 27.4. The van der Waals surface area contributed by atoms with Crippen LogP contribution >= 0.6 is 35.0 Å². The average molecular weight is 481 g/mol. The van der Waals surface area contributed by atoms with Crippen molar-refractivity contribution >= 4 is 46.8 Å². The van der Waals surface area contributed by atoms with Crippen LogP contribution in [0.2, 0.25) is 10.0 Å². The largest absolute Gasteiger partial charge is 0.354 e. The van der Waals surface area contributed by atoms with Crippen molar-refractivity contribution in [2.45, 2.75) is 46.0 Å². The van der Waals surface area contributed by atoms with Gasteiger partial charge in [0.2, 0.25) is 11.8 Å². The molecular weight excluding hydrogens is 451 g/mol. The molecule has 0 aromatic heterocycles. The fraction of sp³-hybridized carbons (Fsp3) is 0.417. The summed E-state index contributed by atoms with van der Waals surface area (Å²) in [6, 6.07) is 12.8. The Balaban J connectivity index is 2.10. The van der Waals surface area contributed by atoms with Gasteiger partial charge in [0.05, 0.1) is 5.75 Å². The smallest absolute Gasteiger partial charge is 0.242 e. The van der Waals surface area contributed by atoms with Crippen molar-refractivity contribution in [3.63, 3.8) is 0 Å².